The van der Waals surface area contributed by atoms with Crippen molar-refractivity contribution in [2.75, 3.05) is 13.2 Å². The lowest BCUT2D eigenvalue weighted by Crippen LogP contribution is -2.43. The second-order valence-electron chi connectivity index (χ2n) is 3.76. The van der Waals surface area contributed by atoms with E-state index in [2.05, 4.69) is 25.8 Å². The molecule has 20 heavy (non-hydrogen) atoms. The van der Waals surface area contributed by atoms with Crippen LogP contribution in [0.25, 0.3) is 0 Å². The Morgan fingerprint density at radius 1 is 1.55 bits per heavy atom. The Morgan fingerprint density at radius 3 is 3.20 bits per heavy atom. The molecule has 1 aliphatic heterocycles. The highest BCUT2D eigenvalue weighted by Gasteiger charge is 2.18. The molecule has 0 radical (unpaired) electrons. The molecule has 0 atom stereocenters. The average molecular weight is 274 g/mol. The van der Waals surface area contributed by atoms with Crippen LogP contribution in [0.15, 0.2) is 39.9 Å². The third-order valence-electron chi connectivity index (χ3n) is 2.28. The first-order valence-electron chi connectivity index (χ1n) is 6.03. The molecule has 8 heteroatoms. The lowest BCUT2D eigenvalue weighted by molar-refractivity contribution is 0.161. The van der Waals surface area contributed by atoms with E-state index in [1.54, 1.807) is 24.7 Å². The molecule has 1 N–H and O–H groups in total. The number of nitrogens with one attached hydrogen (secondary N) is 1. The summed E-state index contributed by atoms with van der Waals surface area (Å²) >= 11 is 0. The number of oxime groups is 1. The van der Waals surface area contributed by atoms with Crippen LogP contribution in [0.2, 0.25) is 0 Å². The molecule has 0 aliphatic carbocycles. The van der Waals surface area contributed by atoms with Crippen molar-refractivity contribution in [1.29, 1.82) is 0 Å². The predicted octanol–water partition coefficient (Wildman–Crippen LogP) is 0.819. The van der Waals surface area contributed by atoms with Crippen molar-refractivity contribution in [1.82, 2.24) is 15.4 Å². The number of hydrogen-bond acceptors (Lipinski definition) is 6. The maximum absolute atomic E-state index is 11.6. The number of pyridine rings is 1. The van der Waals surface area contributed by atoms with E-state index >= 15 is 0 Å². The van der Waals surface area contributed by atoms with Crippen LogP contribution in [0.3, 0.4) is 0 Å². The van der Waals surface area contributed by atoms with Crippen molar-refractivity contribution in [3.05, 3.63) is 30.1 Å². The number of amides is 2. The number of rotatable bonds is 5. The van der Waals surface area contributed by atoms with Gasteiger partial charge in [-0.1, -0.05) is 11.2 Å². The van der Waals surface area contributed by atoms with Gasteiger partial charge in [-0.2, -0.15) is 10.2 Å². The number of urea groups is 1. The quantitative estimate of drug-likeness (QED) is 0.636. The molecule has 0 spiro atoms. The summed E-state index contributed by atoms with van der Waals surface area (Å²) in [4.78, 5) is 20.4. The minimum atomic E-state index is -0.404. The molecule has 2 heterocycles. The molecular weight excluding hydrogens is 260 g/mol. The zero-order valence-corrected chi connectivity index (χ0v) is 10.9. The lowest BCUT2D eigenvalue weighted by atomic mass is 10.3. The van der Waals surface area contributed by atoms with Crippen molar-refractivity contribution >= 4 is 24.2 Å². The molecule has 2 rings (SSSR count). The molecule has 0 unspecified atom stereocenters. The molecule has 0 aromatic carbocycles. The maximum atomic E-state index is 11.6. The van der Waals surface area contributed by atoms with Gasteiger partial charge in [0.05, 0.1) is 19.0 Å². The molecule has 2 amide bonds. The SMILES string of the molecule is CCON=CC1=NNC(=O)N(N=Cc2cccnc2)C1. The zero-order valence-electron chi connectivity index (χ0n) is 10.9. The van der Waals surface area contributed by atoms with Crippen molar-refractivity contribution in [2.24, 2.45) is 15.4 Å². The molecule has 0 saturated carbocycles. The van der Waals surface area contributed by atoms with E-state index in [-0.39, 0.29) is 6.54 Å². The summed E-state index contributed by atoms with van der Waals surface area (Å²) in [5, 5.41) is 12.9. The highest BCUT2D eigenvalue weighted by atomic mass is 16.6. The monoisotopic (exact) mass is 274 g/mol. The smallest absolute Gasteiger partial charge is 0.358 e. The number of carbonyl (C=O) groups excluding carboxylic acids is 1. The Hall–Kier alpha value is -2.77. The van der Waals surface area contributed by atoms with Gasteiger partial charge in [0.2, 0.25) is 0 Å². The van der Waals surface area contributed by atoms with Gasteiger partial charge >= 0.3 is 6.03 Å². The summed E-state index contributed by atoms with van der Waals surface area (Å²) in [5.41, 5.74) is 3.69. The van der Waals surface area contributed by atoms with Crippen LogP contribution >= 0.6 is 0 Å². The van der Waals surface area contributed by atoms with Crippen LogP contribution in [0.5, 0.6) is 0 Å². The zero-order chi connectivity index (χ0) is 14.2. The number of hydrogen-bond donors (Lipinski definition) is 1. The van der Waals surface area contributed by atoms with Gasteiger partial charge in [-0.05, 0) is 13.0 Å². The fourth-order valence-electron chi connectivity index (χ4n) is 1.36. The minimum Gasteiger partial charge on any atom is -0.396 e. The van der Waals surface area contributed by atoms with Crippen LogP contribution < -0.4 is 5.43 Å². The fraction of sp³-hybridized carbons (Fsp3) is 0.250. The molecule has 0 fully saturated rings. The van der Waals surface area contributed by atoms with Crippen molar-refractivity contribution in [2.45, 2.75) is 6.92 Å². The van der Waals surface area contributed by atoms with Crippen molar-refractivity contribution in [3.63, 3.8) is 0 Å². The molecule has 0 saturated heterocycles. The number of nitrogens with zero attached hydrogens (tertiary/aromatic N) is 5. The molecular formula is C12H14N6O2. The number of carbonyl (C=O) groups is 1. The molecule has 1 aromatic heterocycles. The predicted molar refractivity (Wildman–Crippen MR) is 74.6 cm³/mol. The summed E-state index contributed by atoms with van der Waals surface area (Å²) in [5.74, 6) is 0. The summed E-state index contributed by atoms with van der Waals surface area (Å²) in [6.45, 7) is 2.52. The molecule has 1 aromatic rings. The lowest BCUT2D eigenvalue weighted by Gasteiger charge is -2.20. The second kappa shape index (κ2) is 6.98. The normalized spacial score (nSPS) is 15.6. The summed E-state index contributed by atoms with van der Waals surface area (Å²) in [7, 11) is 0. The van der Waals surface area contributed by atoms with E-state index in [1.165, 1.54) is 11.2 Å². The first-order chi connectivity index (χ1) is 9.79. The second-order valence-corrected chi connectivity index (χ2v) is 3.76. The van der Waals surface area contributed by atoms with Crippen LogP contribution in [-0.2, 0) is 4.84 Å². The summed E-state index contributed by atoms with van der Waals surface area (Å²) in [6.07, 6.45) is 6.31. The van der Waals surface area contributed by atoms with Gasteiger partial charge in [-0.25, -0.2) is 15.2 Å². The van der Waals surface area contributed by atoms with Crippen LogP contribution in [0.4, 0.5) is 4.79 Å². The Kier molecular flexibility index (Phi) is 4.76. The van der Waals surface area contributed by atoms with Gasteiger partial charge in [0.25, 0.3) is 0 Å². The van der Waals surface area contributed by atoms with Gasteiger partial charge in [0.15, 0.2) is 0 Å². The van der Waals surface area contributed by atoms with Gasteiger partial charge in [0, 0.05) is 18.0 Å². The molecule has 8 nitrogen and oxygen atoms in total. The van der Waals surface area contributed by atoms with E-state index < -0.39 is 6.03 Å². The Bertz CT molecular complexity index is 540. The van der Waals surface area contributed by atoms with Gasteiger partial charge in [-0.3, -0.25) is 4.98 Å². The van der Waals surface area contributed by atoms with Gasteiger partial charge in [-0.15, -0.1) is 0 Å². The van der Waals surface area contributed by atoms with Crippen LogP contribution in [-0.4, -0.2) is 47.3 Å². The van der Waals surface area contributed by atoms with Crippen LogP contribution in [0.1, 0.15) is 12.5 Å². The topological polar surface area (TPSA) is 91.5 Å². The van der Waals surface area contributed by atoms with E-state index in [1.807, 2.05) is 13.0 Å². The van der Waals surface area contributed by atoms with E-state index in [0.29, 0.717) is 12.3 Å². The fourth-order valence-corrected chi connectivity index (χ4v) is 1.36. The van der Waals surface area contributed by atoms with Crippen molar-refractivity contribution in [3.8, 4) is 0 Å². The van der Waals surface area contributed by atoms with E-state index in [4.69, 9.17) is 4.84 Å². The Morgan fingerprint density at radius 2 is 2.45 bits per heavy atom. The van der Waals surface area contributed by atoms with Crippen molar-refractivity contribution < 1.29 is 9.63 Å². The minimum absolute atomic E-state index is 0.221. The third kappa shape index (κ3) is 3.87. The standard InChI is InChI=1S/C12H14N6O2/c1-2-20-15-8-11-9-18(12(19)17-16-11)14-7-10-4-3-5-13-6-10/h3-8H,2,9H2,1H3,(H,17,19). The molecule has 0 bridgehead atoms. The Labute approximate surface area is 115 Å². The molecule has 1 aliphatic rings. The van der Waals surface area contributed by atoms with E-state index in [9.17, 15) is 4.79 Å². The highest BCUT2D eigenvalue weighted by Crippen LogP contribution is 1.99. The first-order valence-corrected chi connectivity index (χ1v) is 6.03. The summed E-state index contributed by atoms with van der Waals surface area (Å²) in [6, 6.07) is 3.22. The number of aromatic nitrogens is 1. The largest absolute Gasteiger partial charge is 0.396 e. The van der Waals surface area contributed by atoms with Crippen LogP contribution in [0, 0.1) is 0 Å². The summed E-state index contributed by atoms with van der Waals surface area (Å²) < 4.78 is 0. The van der Waals surface area contributed by atoms with E-state index in [0.717, 1.165) is 5.56 Å². The molecule has 104 valence electrons. The highest BCUT2D eigenvalue weighted by molar-refractivity contribution is 6.32. The number of hydrazone groups is 2. The average Bonchev–Trinajstić information content (AvgIpc) is 2.49. The Balaban J connectivity index is 2.00. The first kappa shape index (κ1) is 13.7. The van der Waals surface area contributed by atoms with Gasteiger partial charge < -0.3 is 4.84 Å². The van der Waals surface area contributed by atoms with Gasteiger partial charge in [0.1, 0.15) is 12.3 Å². The third-order valence-corrected chi connectivity index (χ3v) is 2.28. The maximum Gasteiger partial charge on any atom is 0.358 e.